The third-order valence-corrected chi connectivity index (χ3v) is 3.16. The second-order valence-corrected chi connectivity index (χ2v) is 4.54. The van der Waals surface area contributed by atoms with Gasteiger partial charge in [0.1, 0.15) is 0 Å². The van der Waals surface area contributed by atoms with E-state index in [4.69, 9.17) is 0 Å². The summed E-state index contributed by atoms with van der Waals surface area (Å²) < 4.78 is 0. The summed E-state index contributed by atoms with van der Waals surface area (Å²) in [5.74, 6) is 0.897. The molecule has 0 aromatic heterocycles. The molecule has 1 aliphatic heterocycles. The van der Waals surface area contributed by atoms with Gasteiger partial charge in [-0.3, -0.25) is 4.79 Å². The molecule has 1 unspecified atom stereocenters. The van der Waals surface area contributed by atoms with Crippen LogP contribution in [0.25, 0.3) is 0 Å². The molecule has 15 heavy (non-hydrogen) atoms. The lowest BCUT2D eigenvalue weighted by Crippen LogP contribution is -2.34. The van der Waals surface area contributed by atoms with Crippen LogP contribution in [0.1, 0.15) is 46.0 Å². The average molecular weight is 209 g/mol. The minimum Gasteiger partial charge on any atom is -0.339 e. The van der Waals surface area contributed by atoms with E-state index in [0.29, 0.717) is 5.92 Å². The van der Waals surface area contributed by atoms with Gasteiger partial charge in [0, 0.05) is 13.1 Å². The first kappa shape index (κ1) is 12.3. The smallest absolute Gasteiger partial charge is 0.246 e. The van der Waals surface area contributed by atoms with Gasteiger partial charge in [-0.15, -0.1) is 0 Å². The quantitative estimate of drug-likeness (QED) is 0.652. The molecule has 2 heteroatoms. The van der Waals surface area contributed by atoms with Gasteiger partial charge in [-0.1, -0.05) is 26.3 Å². The number of amides is 1. The summed E-state index contributed by atoms with van der Waals surface area (Å²) in [6, 6.07) is 0. The van der Waals surface area contributed by atoms with Gasteiger partial charge in [0.2, 0.25) is 5.91 Å². The highest BCUT2D eigenvalue weighted by molar-refractivity contribution is 5.87. The molecule has 1 rings (SSSR count). The second kappa shape index (κ2) is 6.65. The maximum Gasteiger partial charge on any atom is 0.246 e. The molecule has 1 amide bonds. The summed E-state index contributed by atoms with van der Waals surface area (Å²) in [7, 11) is 0. The monoisotopic (exact) mass is 209 g/mol. The van der Waals surface area contributed by atoms with Crippen molar-refractivity contribution in [1.29, 1.82) is 0 Å². The predicted molar refractivity (Wildman–Crippen MR) is 63.6 cm³/mol. The van der Waals surface area contributed by atoms with Crippen molar-refractivity contribution < 1.29 is 4.79 Å². The van der Waals surface area contributed by atoms with Crippen molar-refractivity contribution in [3.8, 4) is 0 Å². The van der Waals surface area contributed by atoms with E-state index in [1.54, 1.807) is 6.08 Å². The first-order chi connectivity index (χ1) is 7.24. The summed E-state index contributed by atoms with van der Waals surface area (Å²) >= 11 is 0. The van der Waals surface area contributed by atoms with Gasteiger partial charge in [-0.25, -0.2) is 0 Å². The van der Waals surface area contributed by atoms with Crippen LogP contribution in [-0.4, -0.2) is 23.9 Å². The van der Waals surface area contributed by atoms with Crippen molar-refractivity contribution in [3.05, 3.63) is 12.2 Å². The Labute approximate surface area is 93.3 Å². The van der Waals surface area contributed by atoms with Crippen LogP contribution < -0.4 is 0 Å². The van der Waals surface area contributed by atoms with Gasteiger partial charge in [0.15, 0.2) is 0 Å². The molecule has 86 valence electrons. The summed E-state index contributed by atoms with van der Waals surface area (Å²) in [6.07, 6.45) is 9.62. The van der Waals surface area contributed by atoms with Crippen molar-refractivity contribution >= 4 is 5.91 Å². The number of nitrogens with zero attached hydrogens (tertiary/aromatic N) is 1. The molecule has 0 aliphatic carbocycles. The van der Waals surface area contributed by atoms with Gasteiger partial charge in [-0.2, -0.15) is 0 Å². The van der Waals surface area contributed by atoms with E-state index in [2.05, 4.69) is 13.8 Å². The van der Waals surface area contributed by atoms with Crippen LogP contribution in [0.5, 0.6) is 0 Å². The molecule has 1 saturated heterocycles. The lowest BCUT2D eigenvalue weighted by atomic mass is 10.1. The molecule has 2 nitrogen and oxygen atoms in total. The molecular formula is C13H23NO. The third-order valence-electron chi connectivity index (χ3n) is 3.16. The maximum absolute atomic E-state index is 11.7. The minimum atomic E-state index is 0.206. The largest absolute Gasteiger partial charge is 0.339 e. The van der Waals surface area contributed by atoms with Crippen LogP contribution in [0.3, 0.4) is 0 Å². The molecule has 0 saturated carbocycles. The first-order valence-corrected chi connectivity index (χ1v) is 6.19. The highest BCUT2D eigenvalue weighted by atomic mass is 16.2. The average Bonchev–Trinajstić information content (AvgIpc) is 2.29. The topological polar surface area (TPSA) is 20.3 Å². The molecule has 1 fully saturated rings. The van der Waals surface area contributed by atoms with Crippen LogP contribution in [0.15, 0.2) is 12.2 Å². The number of hydrogen-bond donors (Lipinski definition) is 0. The van der Waals surface area contributed by atoms with Crippen LogP contribution in [0.4, 0.5) is 0 Å². The zero-order valence-corrected chi connectivity index (χ0v) is 10.0. The molecule has 1 atom stereocenters. The Kier molecular flexibility index (Phi) is 5.44. The van der Waals surface area contributed by atoms with E-state index in [1.807, 2.05) is 11.0 Å². The molecule has 0 bridgehead atoms. The lowest BCUT2D eigenvalue weighted by Gasteiger charge is -2.25. The van der Waals surface area contributed by atoms with Gasteiger partial charge < -0.3 is 4.90 Å². The molecule has 1 aliphatic rings. The Bertz CT molecular complexity index is 217. The van der Waals surface area contributed by atoms with Crippen molar-refractivity contribution in [2.24, 2.45) is 5.92 Å². The zero-order chi connectivity index (χ0) is 11.1. The highest BCUT2D eigenvalue weighted by Crippen LogP contribution is 2.10. The fraction of sp³-hybridized carbons (Fsp3) is 0.769. The number of rotatable bonds is 4. The Morgan fingerprint density at radius 1 is 1.33 bits per heavy atom. The van der Waals surface area contributed by atoms with E-state index < -0.39 is 0 Å². The molecule has 0 radical (unpaired) electrons. The second-order valence-electron chi connectivity index (χ2n) is 4.54. The fourth-order valence-electron chi connectivity index (χ4n) is 1.79. The SMILES string of the molecule is CCC(C)C/C=C/C(=O)N1CCCCC1. The number of piperidine rings is 1. The van der Waals surface area contributed by atoms with Gasteiger partial charge in [0.25, 0.3) is 0 Å². The molecule has 0 aromatic carbocycles. The van der Waals surface area contributed by atoms with E-state index in [9.17, 15) is 4.79 Å². The first-order valence-electron chi connectivity index (χ1n) is 6.19. The normalized spacial score (nSPS) is 19.5. The van der Waals surface area contributed by atoms with E-state index in [-0.39, 0.29) is 5.91 Å². The Balaban J connectivity index is 2.27. The molecule has 0 N–H and O–H groups in total. The van der Waals surface area contributed by atoms with E-state index in [1.165, 1.54) is 25.7 Å². The van der Waals surface area contributed by atoms with Crippen molar-refractivity contribution in [2.75, 3.05) is 13.1 Å². The maximum atomic E-state index is 11.7. The van der Waals surface area contributed by atoms with E-state index in [0.717, 1.165) is 19.5 Å². The van der Waals surface area contributed by atoms with E-state index >= 15 is 0 Å². The fourth-order valence-corrected chi connectivity index (χ4v) is 1.79. The summed E-state index contributed by atoms with van der Waals surface area (Å²) in [5, 5.41) is 0. The summed E-state index contributed by atoms with van der Waals surface area (Å²) in [5.41, 5.74) is 0. The summed E-state index contributed by atoms with van der Waals surface area (Å²) in [4.78, 5) is 13.7. The molecule has 0 aromatic rings. The Hall–Kier alpha value is -0.790. The van der Waals surface area contributed by atoms with Gasteiger partial charge >= 0.3 is 0 Å². The number of carbonyl (C=O) groups is 1. The standard InChI is InChI=1S/C13H23NO/c1-3-12(2)8-7-9-13(15)14-10-5-4-6-11-14/h7,9,12H,3-6,8,10-11H2,1-2H3/b9-7+. The number of allylic oxidation sites excluding steroid dienone is 1. The number of hydrogen-bond acceptors (Lipinski definition) is 1. The summed E-state index contributed by atoms with van der Waals surface area (Å²) in [6.45, 7) is 6.31. The minimum absolute atomic E-state index is 0.206. The Morgan fingerprint density at radius 3 is 2.60 bits per heavy atom. The molecule has 0 spiro atoms. The zero-order valence-electron chi connectivity index (χ0n) is 10.0. The van der Waals surface area contributed by atoms with Crippen molar-refractivity contribution in [1.82, 2.24) is 4.90 Å². The van der Waals surface area contributed by atoms with Crippen LogP contribution >= 0.6 is 0 Å². The van der Waals surface area contributed by atoms with Crippen LogP contribution in [-0.2, 0) is 4.79 Å². The van der Waals surface area contributed by atoms with Crippen molar-refractivity contribution in [3.63, 3.8) is 0 Å². The Morgan fingerprint density at radius 2 is 2.00 bits per heavy atom. The van der Waals surface area contributed by atoms with Crippen LogP contribution in [0, 0.1) is 5.92 Å². The van der Waals surface area contributed by atoms with Crippen LogP contribution in [0.2, 0.25) is 0 Å². The molecular weight excluding hydrogens is 186 g/mol. The van der Waals surface area contributed by atoms with Crippen molar-refractivity contribution in [2.45, 2.75) is 46.0 Å². The highest BCUT2D eigenvalue weighted by Gasteiger charge is 2.13. The van der Waals surface area contributed by atoms with Gasteiger partial charge in [-0.05, 0) is 37.7 Å². The predicted octanol–water partition coefficient (Wildman–Crippen LogP) is 2.99. The lowest BCUT2D eigenvalue weighted by molar-refractivity contribution is -0.126. The number of carbonyl (C=O) groups excluding carboxylic acids is 1. The third kappa shape index (κ3) is 4.50. The van der Waals surface area contributed by atoms with Gasteiger partial charge in [0.05, 0.1) is 0 Å². The number of likely N-dealkylation sites (tertiary alicyclic amines) is 1. The molecule has 1 heterocycles.